The summed E-state index contributed by atoms with van der Waals surface area (Å²) < 4.78 is 0. The third-order valence-corrected chi connectivity index (χ3v) is 3.21. The summed E-state index contributed by atoms with van der Waals surface area (Å²) in [5.74, 6) is 2.58. The maximum absolute atomic E-state index is 3.44. The van der Waals surface area contributed by atoms with Gasteiger partial charge in [-0.15, -0.1) is 0 Å². The van der Waals surface area contributed by atoms with Gasteiger partial charge in [0.05, 0.1) is 0 Å². The van der Waals surface area contributed by atoms with Crippen LogP contribution in [0.3, 0.4) is 0 Å². The molecule has 1 atom stereocenters. The normalized spacial score (nSPS) is 13.5. The molecule has 86 valence electrons. The van der Waals surface area contributed by atoms with E-state index in [-0.39, 0.29) is 0 Å². The Bertz CT molecular complexity index is 118. The molecule has 1 unspecified atom stereocenters. The molecule has 1 N–H and O–H groups in total. The smallest absolute Gasteiger partial charge is 0.00662 e. The van der Waals surface area contributed by atoms with Crippen molar-refractivity contribution in [3.05, 3.63) is 0 Å². The SMILES string of the molecule is CCNC(C)CCCSCCN(C)C. The van der Waals surface area contributed by atoms with Crippen LogP contribution in [0, 0.1) is 0 Å². The standard InChI is InChI=1S/C11H26N2S/c1-5-12-11(2)7-6-9-14-10-8-13(3)4/h11-12H,5-10H2,1-4H3. The molecule has 0 bridgehead atoms. The van der Waals surface area contributed by atoms with Gasteiger partial charge in [0.25, 0.3) is 0 Å². The van der Waals surface area contributed by atoms with Crippen LogP contribution in [0.4, 0.5) is 0 Å². The molecule has 0 saturated carbocycles. The van der Waals surface area contributed by atoms with Gasteiger partial charge in [-0.3, -0.25) is 0 Å². The van der Waals surface area contributed by atoms with E-state index in [2.05, 4.69) is 49.9 Å². The molecule has 14 heavy (non-hydrogen) atoms. The van der Waals surface area contributed by atoms with Gasteiger partial charge in [-0.1, -0.05) is 6.92 Å². The minimum atomic E-state index is 0.689. The Morgan fingerprint density at radius 3 is 2.57 bits per heavy atom. The van der Waals surface area contributed by atoms with Gasteiger partial charge >= 0.3 is 0 Å². The van der Waals surface area contributed by atoms with Crippen LogP contribution in [0.25, 0.3) is 0 Å². The lowest BCUT2D eigenvalue weighted by Crippen LogP contribution is -2.25. The van der Waals surface area contributed by atoms with Gasteiger partial charge < -0.3 is 10.2 Å². The second-order valence-electron chi connectivity index (χ2n) is 4.02. The van der Waals surface area contributed by atoms with Crippen molar-refractivity contribution in [3.8, 4) is 0 Å². The molecule has 0 radical (unpaired) electrons. The first-order chi connectivity index (χ1) is 6.66. The van der Waals surface area contributed by atoms with Crippen LogP contribution in [-0.2, 0) is 0 Å². The van der Waals surface area contributed by atoms with Crippen molar-refractivity contribution in [2.75, 3.05) is 38.7 Å². The third-order valence-electron chi connectivity index (χ3n) is 2.16. The molecule has 0 fully saturated rings. The van der Waals surface area contributed by atoms with Crippen molar-refractivity contribution in [1.82, 2.24) is 10.2 Å². The summed E-state index contributed by atoms with van der Waals surface area (Å²) in [5.41, 5.74) is 0. The quantitative estimate of drug-likeness (QED) is 0.596. The first-order valence-electron chi connectivity index (χ1n) is 5.62. The zero-order valence-electron chi connectivity index (χ0n) is 10.2. The van der Waals surface area contributed by atoms with E-state index in [1.165, 1.54) is 30.9 Å². The maximum Gasteiger partial charge on any atom is 0.00662 e. The van der Waals surface area contributed by atoms with E-state index in [1.807, 2.05) is 0 Å². The fourth-order valence-electron chi connectivity index (χ4n) is 1.29. The van der Waals surface area contributed by atoms with Crippen molar-refractivity contribution in [1.29, 1.82) is 0 Å². The minimum absolute atomic E-state index is 0.689. The monoisotopic (exact) mass is 218 g/mol. The first kappa shape index (κ1) is 14.3. The summed E-state index contributed by atoms with van der Waals surface area (Å²) in [4.78, 5) is 2.24. The van der Waals surface area contributed by atoms with Crippen molar-refractivity contribution < 1.29 is 0 Å². The molecule has 0 aromatic rings. The fraction of sp³-hybridized carbons (Fsp3) is 1.00. The van der Waals surface area contributed by atoms with Crippen LogP contribution in [-0.4, -0.2) is 49.6 Å². The van der Waals surface area contributed by atoms with E-state index in [0.717, 1.165) is 6.54 Å². The highest BCUT2D eigenvalue weighted by Crippen LogP contribution is 2.06. The molecule has 0 aliphatic rings. The van der Waals surface area contributed by atoms with Gasteiger partial charge in [0.15, 0.2) is 0 Å². The summed E-state index contributed by atoms with van der Waals surface area (Å²) in [6.45, 7) is 6.73. The molecule has 0 rings (SSSR count). The first-order valence-corrected chi connectivity index (χ1v) is 6.78. The number of rotatable bonds is 9. The molecule has 3 heteroatoms. The molecule has 0 spiro atoms. The molecule has 0 aromatic carbocycles. The minimum Gasteiger partial charge on any atom is -0.315 e. The zero-order chi connectivity index (χ0) is 10.8. The van der Waals surface area contributed by atoms with Crippen molar-refractivity contribution in [3.63, 3.8) is 0 Å². The van der Waals surface area contributed by atoms with Crippen molar-refractivity contribution in [2.45, 2.75) is 32.7 Å². The Balaban J connectivity index is 3.05. The average molecular weight is 218 g/mol. The van der Waals surface area contributed by atoms with Crippen LogP contribution < -0.4 is 5.32 Å². The maximum atomic E-state index is 3.44. The second kappa shape index (κ2) is 9.81. The van der Waals surface area contributed by atoms with Crippen LogP contribution >= 0.6 is 11.8 Å². The zero-order valence-corrected chi connectivity index (χ0v) is 11.0. The summed E-state index contributed by atoms with van der Waals surface area (Å²) in [5, 5.41) is 3.44. The predicted octanol–water partition coefficient (Wildman–Crippen LogP) is 2.06. The summed E-state index contributed by atoms with van der Waals surface area (Å²) in [6, 6.07) is 0.689. The van der Waals surface area contributed by atoms with Gasteiger partial charge in [-0.2, -0.15) is 11.8 Å². The van der Waals surface area contributed by atoms with Gasteiger partial charge in [0.2, 0.25) is 0 Å². The van der Waals surface area contributed by atoms with Gasteiger partial charge in [-0.25, -0.2) is 0 Å². The van der Waals surface area contributed by atoms with E-state index in [1.54, 1.807) is 0 Å². The van der Waals surface area contributed by atoms with Crippen LogP contribution in [0.1, 0.15) is 26.7 Å². The van der Waals surface area contributed by atoms with E-state index < -0.39 is 0 Å². The number of nitrogens with one attached hydrogen (secondary N) is 1. The summed E-state index contributed by atoms with van der Waals surface area (Å²) >= 11 is 2.07. The molecule has 0 heterocycles. The molecule has 0 aliphatic carbocycles. The van der Waals surface area contributed by atoms with Crippen LogP contribution in [0.2, 0.25) is 0 Å². The molecular weight excluding hydrogens is 192 g/mol. The lowest BCUT2D eigenvalue weighted by molar-refractivity contribution is 0.437. The van der Waals surface area contributed by atoms with Crippen molar-refractivity contribution >= 4 is 11.8 Å². The summed E-state index contributed by atoms with van der Waals surface area (Å²) in [7, 11) is 4.27. The highest BCUT2D eigenvalue weighted by molar-refractivity contribution is 7.99. The Morgan fingerprint density at radius 1 is 1.29 bits per heavy atom. The molecular formula is C11H26N2S. The van der Waals surface area contributed by atoms with E-state index in [9.17, 15) is 0 Å². The molecule has 0 aromatic heterocycles. The number of thioether (sulfide) groups is 1. The van der Waals surface area contributed by atoms with Crippen LogP contribution in [0.15, 0.2) is 0 Å². The average Bonchev–Trinajstić information content (AvgIpc) is 2.11. The van der Waals surface area contributed by atoms with Gasteiger partial charge in [0, 0.05) is 18.3 Å². The predicted molar refractivity (Wildman–Crippen MR) is 68.3 cm³/mol. The molecule has 0 amide bonds. The lowest BCUT2D eigenvalue weighted by atomic mass is 10.2. The summed E-state index contributed by atoms with van der Waals surface area (Å²) in [6.07, 6.45) is 2.65. The molecule has 0 aliphatic heterocycles. The Hall–Kier alpha value is 0.270. The molecule has 2 nitrogen and oxygen atoms in total. The highest BCUT2D eigenvalue weighted by atomic mass is 32.2. The molecule has 0 saturated heterocycles. The Morgan fingerprint density at radius 2 is 2.00 bits per heavy atom. The van der Waals surface area contributed by atoms with Crippen LogP contribution in [0.5, 0.6) is 0 Å². The number of nitrogens with zero attached hydrogens (tertiary/aromatic N) is 1. The second-order valence-corrected chi connectivity index (χ2v) is 5.24. The van der Waals surface area contributed by atoms with E-state index >= 15 is 0 Å². The highest BCUT2D eigenvalue weighted by Gasteiger charge is 1.98. The van der Waals surface area contributed by atoms with Gasteiger partial charge in [0.1, 0.15) is 0 Å². The number of hydrogen-bond acceptors (Lipinski definition) is 3. The third kappa shape index (κ3) is 10.4. The van der Waals surface area contributed by atoms with E-state index in [4.69, 9.17) is 0 Å². The lowest BCUT2D eigenvalue weighted by Gasteiger charge is -2.12. The topological polar surface area (TPSA) is 15.3 Å². The fourth-order valence-corrected chi connectivity index (χ4v) is 2.36. The largest absolute Gasteiger partial charge is 0.315 e. The van der Waals surface area contributed by atoms with E-state index in [0.29, 0.717) is 6.04 Å². The Labute approximate surface area is 93.8 Å². The van der Waals surface area contributed by atoms with Gasteiger partial charge in [-0.05, 0) is 46.2 Å². The number of hydrogen-bond donors (Lipinski definition) is 1. The van der Waals surface area contributed by atoms with Crippen molar-refractivity contribution in [2.24, 2.45) is 0 Å². The Kier molecular flexibility index (Phi) is 10.0.